The number of rotatable bonds is 5. The van der Waals surface area contributed by atoms with Crippen molar-refractivity contribution in [1.29, 1.82) is 0 Å². The van der Waals surface area contributed by atoms with Crippen molar-refractivity contribution in [3.8, 4) is 0 Å². The molecule has 2 aliphatic rings. The van der Waals surface area contributed by atoms with E-state index >= 15 is 0 Å². The van der Waals surface area contributed by atoms with Crippen LogP contribution in [0.3, 0.4) is 0 Å². The highest BCUT2D eigenvalue weighted by Gasteiger charge is 2.27. The number of amides is 1. The van der Waals surface area contributed by atoms with Gasteiger partial charge in [0.05, 0.1) is 5.52 Å². The Morgan fingerprint density at radius 3 is 2.58 bits per heavy atom. The van der Waals surface area contributed by atoms with Crippen LogP contribution in [0, 0.1) is 12.8 Å². The SMILES string of the molecule is Cc1cccc2nn(C)cc12.FC(F)(F)CCc1cc2c(cn1)CCN(CCC1CCCCC1)C2.NC=O. The van der Waals surface area contributed by atoms with Crippen LogP contribution in [-0.4, -0.2) is 45.3 Å². The van der Waals surface area contributed by atoms with Crippen molar-refractivity contribution in [3.05, 3.63) is 59.0 Å². The lowest BCUT2D eigenvalue weighted by Crippen LogP contribution is -2.32. The van der Waals surface area contributed by atoms with Crippen molar-refractivity contribution in [1.82, 2.24) is 19.7 Å². The number of nitrogens with two attached hydrogens (primary N) is 1. The topological polar surface area (TPSA) is 77.0 Å². The van der Waals surface area contributed by atoms with Gasteiger partial charge in [-0.25, -0.2) is 0 Å². The number of hydrogen-bond donors (Lipinski definition) is 1. The molecule has 1 fully saturated rings. The maximum Gasteiger partial charge on any atom is 0.389 e. The smallest absolute Gasteiger partial charge is 0.372 e. The Morgan fingerprint density at radius 1 is 1.16 bits per heavy atom. The Balaban J connectivity index is 0.000000236. The van der Waals surface area contributed by atoms with Crippen molar-refractivity contribution in [2.75, 3.05) is 13.1 Å². The molecule has 1 amide bonds. The van der Waals surface area contributed by atoms with Crippen LogP contribution in [0.25, 0.3) is 10.9 Å². The van der Waals surface area contributed by atoms with E-state index in [0.29, 0.717) is 5.69 Å². The molecule has 0 bridgehead atoms. The number of fused-ring (bicyclic) bond motifs is 2. The summed E-state index contributed by atoms with van der Waals surface area (Å²) in [5.74, 6) is 0.875. The van der Waals surface area contributed by atoms with Gasteiger partial charge in [-0.3, -0.25) is 19.4 Å². The first-order valence-corrected chi connectivity index (χ1v) is 13.5. The Bertz CT molecular complexity index is 1150. The Labute approximate surface area is 223 Å². The van der Waals surface area contributed by atoms with Gasteiger partial charge in [-0.15, -0.1) is 0 Å². The van der Waals surface area contributed by atoms with Gasteiger partial charge >= 0.3 is 6.18 Å². The van der Waals surface area contributed by atoms with Crippen LogP contribution in [-0.2, 0) is 31.2 Å². The summed E-state index contributed by atoms with van der Waals surface area (Å²) in [6.45, 7) is 5.13. The largest absolute Gasteiger partial charge is 0.389 e. The lowest BCUT2D eigenvalue weighted by molar-refractivity contribution is -0.134. The van der Waals surface area contributed by atoms with Crippen LogP contribution in [0.1, 0.15) is 67.3 Å². The van der Waals surface area contributed by atoms with Gasteiger partial charge in [0, 0.05) is 50.0 Å². The monoisotopic (exact) mass is 531 g/mol. The molecule has 2 aromatic heterocycles. The predicted molar refractivity (Wildman–Crippen MR) is 144 cm³/mol. The van der Waals surface area contributed by atoms with E-state index in [4.69, 9.17) is 4.79 Å². The first kappa shape index (κ1) is 29.6. The number of nitrogens with zero attached hydrogens (tertiary/aromatic N) is 4. The van der Waals surface area contributed by atoms with Gasteiger partial charge in [0.2, 0.25) is 6.41 Å². The number of primary amides is 1. The van der Waals surface area contributed by atoms with Gasteiger partial charge in [0.15, 0.2) is 0 Å². The van der Waals surface area contributed by atoms with E-state index in [2.05, 4.69) is 33.7 Å². The minimum absolute atomic E-state index is 0.0150. The highest BCUT2D eigenvalue weighted by Crippen LogP contribution is 2.28. The third-order valence-electron chi connectivity index (χ3n) is 7.36. The third-order valence-corrected chi connectivity index (χ3v) is 7.36. The quantitative estimate of drug-likeness (QED) is 0.417. The van der Waals surface area contributed by atoms with Crippen LogP contribution >= 0.6 is 0 Å². The Kier molecular flexibility index (Phi) is 11.1. The maximum absolute atomic E-state index is 12.4. The number of benzene rings is 1. The fraction of sp³-hybridized carbons (Fsp3) is 0.552. The van der Waals surface area contributed by atoms with Crippen molar-refractivity contribution in [2.24, 2.45) is 18.7 Å². The molecule has 1 aliphatic carbocycles. The van der Waals surface area contributed by atoms with E-state index in [1.807, 2.05) is 36.1 Å². The second-order valence-corrected chi connectivity index (χ2v) is 10.3. The summed E-state index contributed by atoms with van der Waals surface area (Å²) in [6, 6.07) is 8.06. The van der Waals surface area contributed by atoms with Gasteiger partial charge in [-0.05, 0) is 67.5 Å². The van der Waals surface area contributed by atoms with Gasteiger partial charge in [-0.1, -0.05) is 44.2 Å². The molecule has 1 aliphatic heterocycles. The van der Waals surface area contributed by atoms with Crippen molar-refractivity contribution < 1.29 is 18.0 Å². The zero-order chi connectivity index (χ0) is 27.5. The van der Waals surface area contributed by atoms with E-state index in [1.54, 1.807) is 6.20 Å². The van der Waals surface area contributed by atoms with E-state index in [0.717, 1.165) is 37.5 Å². The van der Waals surface area contributed by atoms with Gasteiger partial charge < -0.3 is 5.73 Å². The second kappa shape index (κ2) is 14.3. The molecular formula is C29H40F3N5O. The number of carbonyl (C=O) groups is 1. The van der Waals surface area contributed by atoms with Crippen LogP contribution < -0.4 is 5.73 Å². The average Bonchev–Trinajstić information content (AvgIpc) is 3.29. The van der Waals surface area contributed by atoms with Gasteiger partial charge in [0.1, 0.15) is 0 Å². The number of alkyl halides is 3. The number of aromatic nitrogens is 3. The molecule has 3 aromatic rings. The van der Waals surface area contributed by atoms with Crippen molar-refractivity contribution >= 4 is 17.3 Å². The van der Waals surface area contributed by atoms with Crippen molar-refractivity contribution in [2.45, 2.75) is 77.4 Å². The molecule has 3 heterocycles. The number of halogens is 3. The van der Waals surface area contributed by atoms with Crippen LogP contribution in [0.2, 0.25) is 0 Å². The number of aryl methyl sites for hydroxylation is 3. The number of carbonyl (C=O) groups excluding carboxylic acids is 1. The molecular weight excluding hydrogens is 491 g/mol. The molecule has 0 radical (unpaired) electrons. The highest BCUT2D eigenvalue weighted by molar-refractivity contribution is 5.81. The summed E-state index contributed by atoms with van der Waals surface area (Å²) in [5, 5.41) is 5.54. The highest BCUT2D eigenvalue weighted by atomic mass is 19.4. The first-order chi connectivity index (χ1) is 18.2. The molecule has 6 nitrogen and oxygen atoms in total. The zero-order valence-electron chi connectivity index (χ0n) is 22.5. The standard InChI is InChI=1S/C19H27F3N2.C9H10N2.CH3NO/c20-19(21,22)9-6-18-12-17-14-24(11-8-16(17)13-23-18)10-7-15-4-2-1-3-5-15;1-7-4-3-5-9-8(7)6-11(2)10-9;2-1-3/h12-13,15H,1-11,14H2;3-6H,1-2H3;1H,(H2,2,3). The zero-order valence-corrected chi connectivity index (χ0v) is 22.5. The molecule has 0 atom stereocenters. The van der Waals surface area contributed by atoms with Crippen LogP contribution in [0.5, 0.6) is 0 Å². The molecule has 38 heavy (non-hydrogen) atoms. The number of hydrogen-bond acceptors (Lipinski definition) is 4. The average molecular weight is 532 g/mol. The predicted octanol–water partition coefficient (Wildman–Crippen LogP) is 5.89. The van der Waals surface area contributed by atoms with E-state index in [1.165, 1.54) is 60.6 Å². The molecule has 9 heteroatoms. The van der Waals surface area contributed by atoms with Gasteiger partial charge in [0.25, 0.3) is 0 Å². The fourth-order valence-corrected chi connectivity index (χ4v) is 5.29. The van der Waals surface area contributed by atoms with Crippen LogP contribution in [0.4, 0.5) is 13.2 Å². The molecule has 208 valence electrons. The summed E-state index contributed by atoms with van der Waals surface area (Å²) in [6.07, 6.45) is 8.29. The van der Waals surface area contributed by atoms with E-state index in [-0.39, 0.29) is 12.8 Å². The van der Waals surface area contributed by atoms with Gasteiger partial charge in [-0.2, -0.15) is 18.3 Å². The summed E-state index contributed by atoms with van der Waals surface area (Å²) < 4.78 is 39.0. The molecule has 1 aromatic carbocycles. The van der Waals surface area contributed by atoms with Crippen molar-refractivity contribution in [3.63, 3.8) is 0 Å². The molecule has 0 spiro atoms. The van der Waals surface area contributed by atoms with E-state index in [9.17, 15) is 13.2 Å². The minimum atomic E-state index is -4.11. The lowest BCUT2D eigenvalue weighted by Gasteiger charge is -2.31. The Morgan fingerprint density at radius 2 is 1.89 bits per heavy atom. The summed E-state index contributed by atoms with van der Waals surface area (Å²) in [7, 11) is 1.94. The molecule has 5 rings (SSSR count). The molecule has 2 N–H and O–H groups in total. The molecule has 0 saturated heterocycles. The molecule has 1 saturated carbocycles. The summed E-state index contributed by atoms with van der Waals surface area (Å²) >= 11 is 0. The Hall–Kier alpha value is -2.94. The normalized spacial score (nSPS) is 16.1. The molecule has 0 unspecified atom stereocenters. The second-order valence-electron chi connectivity index (χ2n) is 10.3. The number of pyridine rings is 1. The lowest BCUT2D eigenvalue weighted by atomic mass is 9.87. The van der Waals surface area contributed by atoms with Crippen LogP contribution in [0.15, 0.2) is 36.7 Å². The fourth-order valence-electron chi connectivity index (χ4n) is 5.29. The third kappa shape index (κ3) is 9.42. The first-order valence-electron chi connectivity index (χ1n) is 13.5. The summed E-state index contributed by atoms with van der Waals surface area (Å²) in [5.41, 5.74) is 9.49. The van der Waals surface area contributed by atoms with E-state index < -0.39 is 12.6 Å². The minimum Gasteiger partial charge on any atom is -0.372 e. The maximum atomic E-state index is 12.4. The summed E-state index contributed by atoms with van der Waals surface area (Å²) in [4.78, 5) is 15.3.